The number of H-pyrrole nitrogens is 1. The van der Waals surface area contributed by atoms with Gasteiger partial charge in [-0.3, -0.25) is 5.32 Å². The number of nitrogens with zero attached hydrogens (tertiary/aromatic N) is 1. The molecule has 2 aromatic carbocycles. The van der Waals surface area contributed by atoms with Crippen LogP contribution in [0.1, 0.15) is 23.4 Å². The predicted molar refractivity (Wildman–Crippen MR) is 98.1 cm³/mol. The molecule has 5 nitrogen and oxygen atoms in total. The van der Waals surface area contributed by atoms with E-state index in [1.54, 1.807) is 6.92 Å². The number of imidazole rings is 1. The standard InChI is InChI=1S/C17H16ClN3O2.ClH/c1-2-23-17(22)21-16-19-13-9-8-12(10-14(13)20-16)15(18)11-6-4-3-5-7-11;/h3-10,15H,2H2,1H3,(H2,19,20,21,22);1H. The summed E-state index contributed by atoms with van der Waals surface area (Å²) >= 11 is 6.54. The molecule has 0 saturated heterocycles. The summed E-state index contributed by atoms with van der Waals surface area (Å²) in [6.07, 6.45) is -0.536. The van der Waals surface area contributed by atoms with Gasteiger partial charge in [-0.25, -0.2) is 9.78 Å². The summed E-state index contributed by atoms with van der Waals surface area (Å²) in [7, 11) is 0. The van der Waals surface area contributed by atoms with E-state index in [9.17, 15) is 4.79 Å². The van der Waals surface area contributed by atoms with Gasteiger partial charge in [0.25, 0.3) is 0 Å². The van der Waals surface area contributed by atoms with Crippen LogP contribution in [0.2, 0.25) is 0 Å². The van der Waals surface area contributed by atoms with Crippen molar-refractivity contribution in [1.82, 2.24) is 9.97 Å². The molecule has 0 radical (unpaired) electrons. The molecule has 1 atom stereocenters. The Balaban J connectivity index is 0.00000208. The van der Waals surface area contributed by atoms with Crippen LogP contribution in [0, 0.1) is 0 Å². The lowest BCUT2D eigenvalue weighted by molar-refractivity contribution is 0.167. The van der Waals surface area contributed by atoms with Gasteiger partial charge >= 0.3 is 6.09 Å². The van der Waals surface area contributed by atoms with Crippen LogP contribution >= 0.6 is 24.0 Å². The van der Waals surface area contributed by atoms with Crippen LogP contribution in [-0.4, -0.2) is 22.7 Å². The molecule has 1 unspecified atom stereocenters. The number of aromatic amines is 1. The second-order valence-electron chi connectivity index (χ2n) is 4.98. The maximum atomic E-state index is 11.4. The Kier molecular flexibility index (Phi) is 6.06. The number of halogens is 2. The van der Waals surface area contributed by atoms with Gasteiger partial charge in [0.05, 0.1) is 23.0 Å². The molecule has 0 aliphatic heterocycles. The molecule has 0 aliphatic rings. The van der Waals surface area contributed by atoms with Gasteiger partial charge < -0.3 is 9.72 Å². The van der Waals surface area contributed by atoms with Crippen LogP contribution in [0.3, 0.4) is 0 Å². The number of anilines is 1. The van der Waals surface area contributed by atoms with Crippen molar-refractivity contribution >= 4 is 47.1 Å². The Morgan fingerprint density at radius 1 is 1.25 bits per heavy atom. The van der Waals surface area contributed by atoms with Crippen LogP contribution in [0.25, 0.3) is 11.0 Å². The second kappa shape index (κ2) is 8.04. The van der Waals surface area contributed by atoms with E-state index in [4.69, 9.17) is 16.3 Å². The zero-order valence-corrected chi connectivity index (χ0v) is 14.5. The molecule has 1 heterocycles. The number of ether oxygens (including phenoxy) is 1. The highest BCUT2D eigenvalue weighted by Gasteiger charge is 2.13. The number of alkyl halides is 1. The van der Waals surface area contributed by atoms with Gasteiger partial charge in [0, 0.05) is 0 Å². The van der Waals surface area contributed by atoms with Gasteiger partial charge in [-0.05, 0) is 30.2 Å². The van der Waals surface area contributed by atoms with E-state index in [0.717, 1.165) is 22.2 Å². The Hall–Kier alpha value is -2.24. The Morgan fingerprint density at radius 3 is 2.71 bits per heavy atom. The summed E-state index contributed by atoms with van der Waals surface area (Å²) in [5, 5.41) is 2.31. The largest absolute Gasteiger partial charge is 0.450 e. The summed E-state index contributed by atoms with van der Waals surface area (Å²) in [6.45, 7) is 2.05. The summed E-state index contributed by atoms with van der Waals surface area (Å²) in [5.74, 6) is 0.349. The fraction of sp³-hybridized carbons (Fsp3) is 0.176. The van der Waals surface area contributed by atoms with Gasteiger partial charge in [0.15, 0.2) is 0 Å². The SMILES string of the molecule is CCOC(=O)Nc1nc2ccc(C(Cl)c3ccccc3)cc2[nH]1.Cl. The van der Waals surface area contributed by atoms with Crippen molar-refractivity contribution in [2.75, 3.05) is 11.9 Å². The number of rotatable bonds is 4. The molecule has 1 amide bonds. The lowest BCUT2D eigenvalue weighted by atomic mass is 10.0. The number of carbonyl (C=O) groups excluding carboxylic acids is 1. The van der Waals surface area contributed by atoms with Crippen molar-refractivity contribution in [2.45, 2.75) is 12.3 Å². The van der Waals surface area contributed by atoms with Crippen LogP contribution in [-0.2, 0) is 4.74 Å². The minimum absolute atomic E-state index is 0. The number of carbonyl (C=O) groups is 1. The maximum absolute atomic E-state index is 11.4. The Labute approximate surface area is 150 Å². The van der Waals surface area contributed by atoms with Crippen molar-refractivity contribution in [3.63, 3.8) is 0 Å². The fourth-order valence-corrected chi connectivity index (χ4v) is 2.60. The maximum Gasteiger partial charge on any atom is 0.413 e. The number of aromatic nitrogens is 2. The molecule has 0 bridgehead atoms. The van der Waals surface area contributed by atoms with E-state index in [0.29, 0.717) is 12.6 Å². The molecular formula is C17H17Cl2N3O2. The summed E-state index contributed by atoms with van der Waals surface area (Å²) in [4.78, 5) is 18.8. The summed E-state index contributed by atoms with van der Waals surface area (Å²) < 4.78 is 4.83. The smallest absolute Gasteiger partial charge is 0.413 e. The van der Waals surface area contributed by atoms with E-state index in [2.05, 4.69) is 15.3 Å². The third kappa shape index (κ3) is 3.99. The summed E-state index contributed by atoms with van der Waals surface area (Å²) in [5.41, 5.74) is 3.53. The molecule has 0 spiro atoms. The minimum Gasteiger partial charge on any atom is -0.450 e. The minimum atomic E-state index is -0.536. The Bertz CT molecular complexity index is 821. The lowest BCUT2D eigenvalue weighted by Crippen LogP contribution is -2.14. The Morgan fingerprint density at radius 2 is 2.00 bits per heavy atom. The highest BCUT2D eigenvalue weighted by atomic mass is 35.5. The van der Waals surface area contributed by atoms with E-state index in [-0.39, 0.29) is 17.8 Å². The fourth-order valence-electron chi connectivity index (χ4n) is 2.32. The third-order valence-electron chi connectivity index (χ3n) is 3.39. The zero-order chi connectivity index (χ0) is 16.2. The molecule has 0 fully saturated rings. The third-order valence-corrected chi connectivity index (χ3v) is 3.89. The van der Waals surface area contributed by atoms with Crippen LogP contribution in [0.5, 0.6) is 0 Å². The van der Waals surface area contributed by atoms with E-state index < -0.39 is 6.09 Å². The van der Waals surface area contributed by atoms with Crippen LogP contribution in [0.15, 0.2) is 48.5 Å². The van der Waals surface area contributed by atoms with E-state index in [1.807, 2.05) is 48.5 Å². The monoisotopic (exact) mass is 365 g/mol. The molecule has 2 N–H and O–H groups in total. The van der Waals surface area contributed by atoms with E-state index in [1.165, 1.54) is 0 Å². The first-order valence-corrected chi connectivity index (χ1v) is 7.73. The van der Waals surface area contributed by atoms with Crippen molar-refractivity contribution in [3.8, 4) is 0 Å². The first-order chi connectivity index (χ1) is 11.2. The van der Waals surface area contributed by atoms with E-state index >= 15 is 0 Å². The average Bonchev–Trinajstić information content (AvgIpc) is 2.96. The highest BCUT2D eigenvalue weighted by molar-refractivity contribution is 6.22. The van der Waals surface area contributed by atoms with Gasteiger partial charge in [-0.15, -0.1) is 24.0 Å². The number of amides is 1. The van der Waals surface area contributed by atoms with Crippen molar-refractivity contribution in [3.05, 3.63) is 59.7 Å². The number of hydrogen-bond acceptors (Lipinski definition) is 3. The van der Waals surface area contributed by atoms with Crippen LogP contribution in [0.4, 0.5) is 10.7 Å². The number of fused-ring (bicyclic) bond motifs is 1. The number of benzene rings is 2. The first-order valence-electron chi connectivity index (χ1n) is 7.30. The van der Waals surface area contributed by atoms with Gasteiger partial charge in [-0.1, -0.05) is 36.4 Å². The lowest BCUT2D eigenvalue weighted by Gasteiger charge is -2.09. The quantitative estimate of drug-likeness (QED) is 0.647. The van der Waals surface area contributed by atoms with Crippen molar-refractivity contribution in [1.29, 1.82) is 0 Å². The predicted octanol–water partition coefficient (Wildman–Crippen LogP) is 4.88. The van der Waals surface area contributed by atoms with Crippen LogP contribution < -0.4 is 5.32 Å². The summed E-state index contributed by atoms with van der Waals surface area (Å²) in [6, 6.07) is 15.6. The number of nitrogens with one attached hydrogen (secondary N) is 2. The van der Waals surface area contributed by atoms with Crippen molar-refractivity contribution in [2.24, 2.45) is 0 Å². The average molecular weight is 366 g/mol. The molecule has 7 heteroatoms. The molecule has 0 saturated carbocycles. The van der Waals surface area contributed by atoms with Gasteiger partial charge in [-0.2, -0.15) is 0 Å². The second-order valence-corrected chi connectivity index (χ2v) is 5.42. The molecule has 1 aromatic heterocycles. The molecule has 126 valence electrons. The van der Waals surface area contributed by atoms with Gasteiger partial charge in [0.2, 0.25) is 5.95 Å². The highest BCUT2D eigenvalue weighted by Crippen LogP contribution is 2.30. The first kappa shape index (κ1) is 18.1. The molecule has 0 aliphatic carbocycles. The number of hydrogen-bond donors (Lipinski definition) is 2. The molecular weight excluding hydrogens is 349 g/mol. The normalized spacial score (nSPS) is 11.6. The molecule has 3 rings (SSSR count). The molecule has 24 heavy (non-hydrogen) atoms. The molecule has 3 aromatic rings. The topological polar surface area (TPSA) is 67.0 Å². The van der Waals surface area contributed by atoms with Gasteiger partial charge in [0.1, 0.15) is 0 Å². The zero-order valence-electron chi connectivity index (χ0n) is 13.0. The van der Waals surface area contributed by atoms with Crippen molar-refractivity contribution < 1.29 is 9.53 Å².